The second-order valence-electron chi connectivity index (χ2n) is 17.3. The van der Waals surface area contributed by atoms with Crippen molar-refractivity contribution in [2.75, 3.05) is 9.80 Å². The first-order valence-corrected chi connectivity index (χ1v) is 21.5. The molecule has 2 heterocycles. The number of hydrogen-bond acceptors (Lipinski definition) is 2. The molecular weight excluding hydrogens is 737 g/mol. The molecule has 0 spiro atoms. The minimum absolute atomic E-state index is 0.149. The first kappa shape index (κ1) is 35.5. The van der Waals surface area contributed by atoms with Gasteiger partial charge in [-0.15, -0.1) is 0 Å². The fourth-order valence-electron chi connectivity index (χ4n) is 10.3. The summed E-state index contributed by atoms with van der Waals surface area (Å²) >= 11 is 0. The summed E-state index contributed by atoms with van der Waals surface area (Å²) in [7, 11) is 0. The van der Waals surface area contributed by atoms with Crippen LogP contribution in [0.15, 0.2) is 170 Å². The standard InChI is InChI=1S/C59H44N2/c1-59(2)53-36-40(22-32-51(53)52-34-30-48(38-54(52)59)61-57-17-9-5-13-43(57)25-26-44-14-6-10-18-58(44)61)20-19-39-21-31-49-45(35-39)27-28-46-37-47(29-33-50(46)49)60-55-15-7-3-11-41(55)23-24-42-12-4-8-16-56(42)60/h3-26,29-38H,27-28H2,1-2H3/b20-19+. The third-order valence-corrected chi connectivity index (χ3v) is 13.4. The highest BCUT2D eigenvalue weighted by Gasteiger charge is 2.36. The van der Waals surface area contributed by atoms with E-state index in [0.717, 1.165) is 12.8 Å². The zero-order valence-electron chi connectivity index (χ0n) is 34.4. The van der Waals surface area contributed by atoms with Gasteiger partial charge in [-0.3, -0.25) is 0 Å². The highest BCUT2D eigenvalue weighted by molar-refractivity contribution is 5.96. The largest absolute Gasteiger partial charge is 0.309 e. The second-order valence-corrected chi connectivity index (χ2v) is 17.3. The first-order valence-electron chi connectivity index (χ1n) is 21.5. The topological polar surface area (TPSA) is 6.48 Å². The van der Waals surface area contributed by atoms with Gasteiger partial charge in [0.05, 0.1) is 22.7 Å². The van der Waals surface area contributed by atoms with Gasteiger partial charge < -0.3 is 9.80 Å². The van der Waals surface area contributed by atoms with Gasteiger partial charge in [-0.05, 0) is 139 Å². The molecule has 4 aliphatic rings. The summed E-state index contributed by atoms with van der Waals surface area (Å²) in [6, 6.07) is 63.0. The summed E-state index contributed by atoms with van der Waals surface area (Å²) in [6.07, 6.45) is 15.6. The molecule has 0 bridgehead atoms. The Balaban J connectivity index is 0.826. The van der Waals surface area contributed by atoms with Crippen molar-refractivity contribution in [3.63, 3.8) is 0 Å². The van der Waals surface area contributed by atoms with Crippen LogP contribution in [0.5, 0.6) is 0 Å². The van der Waals surface area contributed by atoms with Crippen molar-refractivity contribution in [3.05, 3.63) is 225 Å². The average molecular weight is 781 g/mol. The summed E-state index contributed by atoms with van der Waals surface area (Å²) in [4.78, 5) is 4.86. The van der Waals surface area contributed by atoms with Crippen LogP contribution in [0.25, 0.3) is 58.7 Å². The van der Waals surface area contributed by atoms with Gasteiger partial charge in [-0.2, -0.15) is 0 Å². The maximum Gasteiger partial charge on any atom is 0.0534 e. The van der Waals surface area contributed by atoms with Crippen LogP contribution < -0.4 is 9.80 Å². The summed E-state index contributed by atoms with van der Waals surface area (Å²) in [5.41, 5.74) is 25.3. The summed E-state index contributed by atoms with van der Waals surface area (Å²) in [6.45, 7) is 4.77. The number of aryl methyl sites for hydroxylation is 2. The molecule has 0 atom stereocenters. The zero-order chi connectivity index (χ0) is 40.7. The summed E-state index contributed by atoms with van der Waals surface area (Å²) < 4.78 is 0. The Bertz CT molecular complexity index is 3090. The van der Waals surface area contributed by atoms with Crippen LogP contribution in [0, 0.1) is 0 Å². The molecule has 0 fully saturated rings. The van der Waals surface area contributed by atoms with E-state index in [1.165, 1.54) is 112 Å². The van der Waals surface area contributed by atoms with E-state index in [-0.39, 0.29) is 5.41 Å². The fraction of sp³-hybridized carbons (Fsp3) is 0.0847. The third-order valence-electron chi connectivity index (χ3n) is 13.4. The van der Waals surface area contributed by atoms with Gasteiger partial charge in [-0.25, -0.2) is 0 Å². The van der Waals surface area contributed by atoms with Crippen LogP contribution in [-0.2, 0) is 18.3 Å². The number of rotatable bonds is 4. The predicted octanol–water partition coefficient (Wildman–Crippen LogP) is 15.8. The Morgan fingerprint density at radius 2 is 0.754 bits per heavy atom. The lowest BCUT2D eigenvalue weighted by Gasteiger charge is -2.29. The summed E-state index contributed by atoms with van der Waals surface area (Å²) in [5, 5.41) is 0. The molecule has 290 valence electrons. The Kier molecular flexibility index (Phi) is 8.05. The van der Waals surface area contributed by atoms with Gasteiger partial charge in [0, 0.05) is 16.8 Å². The van der Waals surface area contributed by atoms with Gasteiger partial charge in [0.25, 0.3) is 0 Å². The number of nitrogens with zero attached hydrogens (tertiary/aromatic N) is 2. The van der Waals surface area contributed by atoms with E-state index < -0.39 is 0 Å². The normalized spacial score (nSPS) is 14.8. The smallest absolute Gasteiger partial charge is 0.0534 e. The predicted molar refractivity (Wildman–Crippen MR) is 259 cm³/mol. The molecule has 2 aliphatic heterocycles. The Hall–Kier alpha value is -7.42. The molecule has 0 saturated carbocycles. The van der Waals surface area contributed by atoms with Crippen LogP contribution in [-0.4, -0.2) is 0 Å². The number of benzene rings is 8. The second kappa shape index (κ2) is 13.8. The van der Waals surface area contributed by atoms with Crippen LogP contribution in [0.3, 0.4) is 0 Å². The molecule has 0 unspecified atom stereocenters. The van der Waals surface area contributed by atoms with Crippen LogP contribution in [0.1, 0.15) is 69.5 Å². The maximum absolute atomic E-state index is 2.43. The zero-order valence-corrected chi connectivity index (χ0v) is 34.4. The van der Waals surface area contributed by atoms with E-state index in [1.807, 2.05) is 0 Å². The van der Waals surface area contributed by atoms with Crippen molar-refractivity contribution >= 4 is 70.6 Å². The van der Waals surface area contributed by atoms with Gasteiger partial charge in [0.15, 0.2) is 0 Å². The van der Waals surface area contributed by atoms with Gasteiger partial charge in [0.1, 0.15) is 0 Å². The highest BCUT2D eigenvalue weighted by atomic mass is 15.2. The molecule has 8 aromatic rings. The third kappa shape index (κ3) is 5.78. The molecule has 2 aliphatic carbocycles. The van der Waals surface area contributed by atoms with E-state index in [4.69, 9.17) is 0 Å². The van der Waals surface area contributed by atoms with E-state index in [2.05, 4.69) is 230 Å². The quantitative estimate of drug-likeness (QED) is 0.164. The van der Waals surface area contributed by atoms with Crippen molar-refractivity contribution in [1.82, 2.24) is 0 Å². The Morgan fingerprint density at radius 3 is 1.26 bits per heavy atom. The van der Waals surface area contributed by atoms with Crippen LogP contribution >= 0.6 is 0 Å². The van der Waals surface area contributed by atoms with Crippen molar-refractivity contribution in [3.8, 4) is 22.3 Å². The van der Waals surface area contributed by atoms with Gasteiger partial charge in [-0.1, -0.05) is 172 Å². The molecule has 8 aromatic carbocycles. The van der Waals surface area contributed by atoms with E-state index in [1.54, 1.807) is 0 Å². The number of para-hydroxylation sites is 4. The molecule has 61 heavy (non-hydrogen) atoms. The van der Waals surface area contributed by atoms with E-state index in [0.29, 0.717) is 0 Å². The van der Waals surface area contributed by atoms with E-state index >= 15 is 0 Å². The number of fused-ring (bicyclic) bond motifs is 10. The average Bonchev–Trinajstić information content (AvgIpc) is 3.43. The minimum Gasteiger partial charge on any atom is -0.309 e. The minimum atomic E-state index is -0.149. The van der Waals surface area contributed by atoms with Gasteiger partial charge in [0.2, 0.25) is 0 Å². The Morgan fingerprint density at radius 1 is 0.377 bits per heavy atom. The molecular formula is C59H44N2. The molecule has 12 rings (SSSR count). The Labute approximate surface area is 358 Å². The maximum atomic E-state index is 2.43. The van der Waals surface area contributed by atoms with Crippen molar-refractivity contribution in [2.24, 2.45) is 0 Å². The van der Waals surface area contributed by atoms with Crippen LogP contribution in [0.2, 0.25) is 0 Å². The molecule has 2 nitrogen and oxygen atoms in total. The molecule has 2 heteroatoms. The first-order chi connectivity index (χ1) is 30.0. The van der Waals surface area contributed by atoms with Crippen molar-refractivity contribution < 1.29 is 0 Å². The van der Waals surface area contributed by atoms with Gasteiger partial charge >= 0.3 is 0 Å². The highest BCUT2D eigenvalue weighted by Crippen LogP contribution is 2.52. The number of anilines is 6. The summed E-state index contributed by atoms with van der Waals surface area (Å²) in [5.74, 6) is 0. The SMILES string of the molecule is CC1(C)c2cc(/C=C/c3ccc4c(c3)CCc3cc(N5c6ccccc6C=Cc6ccccc65)ccc3-4)ccc2-c2ccc(N3c4ccccc4C=Cc4ccccc43)cc21. The lowest BCUT2D eigenvalue weighted by molar-refractivity contribution is 0.660. The molecule has 0 amide bonds. The lowest BCUT2D eigenvalue weighted by atomic mass is 9.81. The monoisotopic (exact) mass is 780 g/mol. The van der Waals surface area contributed by atoms with Crippen molar-refractivity contribution in [2.45, 2.75) is 32.1 Å². The number of hydrogen-bond donors (Lipinski definition) is 0. The molecule has 0 saturated heterocycles. The van der Waals surface area contributed by atoms with Crippen molar-refractivity contribution in [1.29, 1.82) is 0 Å². The molecule has 0 N–H and O–H groups in total. The lowest BCUT2D eigenvalue weighted by Crippen LogP contribution is -2.17. The van der Waals surface area contributed by atoms with E-state index in [9.17, 15) is 0 Å². The van der Waals surface area contributed by atoms with Crippen LogP contribution in [0.4, 0.5) is 34.1 Å². The molecule has 0 aromatic heterocycles. The fourth-order valence-corrected chi connectivity index (χ4v) is 10.3. The molecule has 0 radical (unpaired) electrons.